The third-order valence-corrected chi connectivity index (χ3v) is 7.86. The minimum Gasteiger partial charge on any atom is -0.0813 e. The van der Waals surface area contributed by atoms with E-state index in [1.165, 1.54) is 25.7 Å². The van der Waals surface area contributed by atoms with Crippen LogP contribution in [-0.2, 0) is 6.42 Å². The molecule has 1 atom stereocenters. The molecule has 1 rings (SSSR count). The van der Waals surface area contributed by atoms with Gasteiger partial charge in [0.25, 0.3) is 0 Å². The van der Waals surface area contributed by atoms with Crippen LogP contribution in [-0.4, -0.2) is 0 Å². The molecule has 1 unspecified atom stereocenters. The summed E-state index contributed by atoms with van der Waals surface area (Å²) in [6.45, 7) is 4.57. The molecule has 0 saturated carbocycles. The predicted octanol–water partition coefficient (Wildman–Crippen LogP) is 4.92. The van der Waals surface area contributed by atoms with E-state index in [-0.39, 0.29) is 0 Å². The molecule has 0 aliphatic carbocycles. The molecule has 0 fully saturated rings. The van der Waals surface area contributed by atoms with E-state index < -0.39 is 0 Å². The fourth-order valence-corrected chi connectivity index (χ4v) is 8.03. The van der Waals surface area contributed by atoms with Crippen molar-refractivity contribution in [1.82, 2.24) is 0 Å². The first-order valence-electron chi connectivity index (χ1n) is 4.21. The minimum absolute atomic E-state index is 1.15. The van der Waals surface area contributed by atoms with Gasteiger partial charge in [0.05, 0.1) is 0 Å². The average Bonchev–Trinajstić information content (AvgIpc) is 2.37. The zero-order chi connectivity index (χ0) is 8.10. The molecule has 0 radical (unpaired) electrons. The summed E-state index contributed by atoms with van der Waals surface area (Å²) in [4.78, 5) is 0. The summed E-state index contributed by atoms with van der Waals surface area (Å²) >= 11 is 0. The second-order valence-electron chi connectivity index (χ2n) is 2.81. The van der Waals surface area contributed by atoms with E-state index in [1.807, 2.05) is 0 Å². The second kappa shape index (κ2) is 5.31. The van der Waals surface area contributed by atoms with Crippen molar-refractivity contribution in [3.8, 4) is 0 Å². The summed E-state index contributed by atoms with van der Waals surface area (Å²) in [6.07, 6.45) is 5.55. The van der Waals surface area contributed by atoms with E-state index in [9.17, 15) is 0 Å². The standard InChI is InChI=1S/C8H15P3/c1-3-4-5-6-8-7(2)9-11-10-8/h11H,3-6H2,1-2H3. The molecule has 0 N–H and O–H groups in total. The van der Waals surface area contributed by atoms with Gasteiger partial charge in [-0.15, -0.1) is 0 Å². The van der Waals surface area contributed by atoms with Crippen LogP contribution in [0.15, 0.2) is 0 Å². The Morgan fingerprint density at radius 3 is 2.64 bits per heavy atom. The van der Waals surface area contributed by atoms with Gasteiger partial charge in [0.1, 0.15) is 0 Å². The lowest BCUT2D eigenvalue weighted by Crippen LogP contribution is -1.81. The van der Waals surface area contributed by atoms with Crippen molar-refractivity contribution in [3.63, 3.8) is 0 Å². The van der Waals surface area contributed by atoms with Crippen molar-refractivity contribution in [2.45, 2.75) is 39.5 Å². The van der Waals surface area contributed by atoms with Gasteiger partial charge in [-0.1, -0.05) is 27.3 Å². The van der Waals surface area contributed by atoms with Gasteiger partial charge in [0.2, 0.25) is 0 Å². The van der Waals surface area contributed by atoms with Crippen LogP contribution in [0, 0.1) is 6.92 Å². The van der Waals surface area contributed by atoms with Crippen molar-refractivity contribution in [3.05, 3.63) is 10.6 Å². The monoisotopic (exact) mass is 204 g/mol. The molecule has 0 spiro atoms. The van der Waals surface area contributed by atoms with Crippen LogP contribution in [0.3, 0.4) is 0 Å². The fraction of sp³-hybridized carbons (Fsp3) is 0.750. The molecule has 1 aromatic rings. The summed E-state index contributed by atoms with van der Waals surface area (Å²) in [5, 5.41) is 3.42. The van der Waals surface area contributed by atoms with Crippen LogP contribution >= 0.6 is 23.3 Å². The van der Waals surface area contributed by atoms with E-state index in [2.05, 4.69) is 13.8 Å². The lowest BCUT2D eigenvalue weighted by molar-refractivity contribution is 0.722. The van der Waals surface area contributed by atoms with Gasteiger partial charge in [-0.25, -0.2) is 0 Å². The van der Waals surface area contributed by atoms with Crippen molar-refractivity contribution < 1.29 is 0 Å². The van der Waals surface area contributed by atoms with Gasteiger partial charge in [-0.05, 0) is 46.1 Å². The highest BCUT2D eigenvalue weighted by Crippen LogP contribution is 2.41. The summed E-state index contributed by atoms with van der Waals surface area (Å²) < 4.78 is 0. The van der Waals surface area contributed by atoms with Gasteiger partial charge in [-0.2, -0.15) is 0 Å². The van der Waals surface area contributed by atoms with Crippen LogP contribution in [0.5, 0.6) is 0 Å². The topological polar surface area (TPSA) is 0 Å². The maximum absolute atomic E-state index is 2.30. The largest absolute Gasteiger partial charge is 0.0813 e. The second-order valence-corrected chi connectivity index (χ2v) is 8.41. The van der Waals surface area contributed by atoms with Crippen LogP contribution in [0.2, 0.25) is 0 Å². The predicted molar refractivity (Wildman–Crippen MR) is 58.9 cm³/mol. The highest BCUT2D eigenvalue weighted by atomic mass is 32.1. The molecule has 0 aliphatic rings. The smallest absolute Gasteiger partial charge is 0.00883 e. The lowest BCUT2D eigenvalue weighted by atomic mass is 10.2. The Hall–Kier alpha value is 0.640. The number of hydrogen-bond donors (Lipinski definition) is 0. The molecular formula is C8H15P3. The normalized spacial score (nSPS) is 12.5. The van der Waals surface area contributed by atoms with Crippen LogP contribution in [0.4, 0.5) is 0 Å². The molecule has 11 heavy (non-hydrogen) atoms. The SMILES string of the molecule is CCCCCc1p[pH]pc1C. The summed E-state index contributed by atoms with van der Waals surface area (Å²) in [6, 6.07) is 0. The first-order valence-corrected chi connectivity index (χ1v) is 8.68. The Morgan fingerprint density at radius 2 is 2.09 bits per heavy atom. The van der Waals surface area contributed by atoms with E-state index in [4.69, 9.17) is 0 Å². The first kappa shape index (κ1) is 9.73. The molecule has 3 heteroatoms. The third kappa shape index (κ3) is 3.25. The molecule has 0 aromatic carbocycles. The summed E-state index contributed by atoms with van der Waals surface area (Å²) in [7, 11) is 4.41. The van der Waals surface area contributed by atoms with Crippen LogP contribution < -0.4 is 0 Å². The molecule has 0 aliphatic heterocycles. The van der Waals surface area contributed by atoms with Gasteiger partial charge in [0.15, 0.2) is 0 Å². The first-order chi connectivity index (χ1) is 5.34. The maximum atomic E-state index is 2.30. The van der Waals surface area contributed by atoms with Gasteiger partial charge in [-0.3, -0.25) is 0 Å². The zero-order valence-corrected chi connectivity index (χ0v) is 10.0. The average molecular weight is 204 g/mol. The molecule has 0 bridgehead atoms. The molecule has 62 valence electrons. The van der Waals surface area contributed by atoms with E-state index in [1.54, 1.807) is 26.3 Å². The van der Waals surface area contributed by atoms with E-state index in [0.717, 1.165) is 7.55 Å². The van der Waals surface area contributed by atoms with Crippen molar-refractivity contribution in [2.75, 3.05) is 0 Å². The molecule has 0 amide bonds. The number of unbranched alkanes of at least 4 members (excludes halogenated alkanes) is 2. The number of aryl methyl sites for hydroxylation is 2. The van der Waals surface area contributed by atoms with Crippen molar-refractivity contribution >= 4 is 23.3 Å². The molecular weight excluding hydrogens is 189 g/mol. The minimum atomic E-state index is 1.15. The Bertz CT molecular complexity index is 205. The molecule has 1 heterocycles. The lowest BCUT2D eigenvalue weighted by Gasteiger charge is -1.96. The van der Waals surface area contributed by atoms with Gasteiger partial charge < -0.3 is 0 Å². The molecule has 0 saturated heterocycles. The van der Waals surface area contributed by atoms with E-state index in [0.29, 0.717) is 0 Å². The summed E-state index contributed by atoms with van der Waals surface area (Å²) in [5.41, 5.74) is 0. The molecule has 0 nitrogen and oxygen atoms in total. The number of hydrogen-bond acceptors (Lipinski definition) is 0. The highest BCUT2D eigenvalue weighted by Gasteiger charge is 1.98. The quantitative estimate of drug-likeness (QED) is 0.610. The summed E-state index contributed by atoms with van der Waals surface area (Å²) in [5.74, 6) is 0. The zero-order valence-electron chi connectivity index (χ0n) is 7.22. The Kier molecular flexibility index (Phi) is 4.70. The third-order valence-electron chi connectivity index (χ3n) is 1.84. The highest BCUT2D eigenvalue weighted by molar-refractivity contribution is 8.17. The maximum Gasteiger partial charge on any atom is -0.00883 e. The van der Waals surface area contributed by atoms with Gasteiger partial charge in [0, 0.05) is 0 Å². The Balaban J connectivity index is 2.32. The van der Waals surface area contributed by atoms with Crippen molar-refractivity contribution in [1.29, 1.82) is 0 Å². The Labute approximate surface area is 73.9 Å². The fourth-order valence-electron chi connectivity index (χ4n) is 1.09. The Morgan fingerprint density at radius 1 is 1.27 bits per heavy atom. The van der Waals surface area contributed by atoms with Gasteiger partial charge >= 0.3 is 0 Å². The number of rotatable bonds is 4. The molecule has 1 aromatic heterocycles. The van der Waals surface area contributed by atoms with E-state index >= 15 is 0 Å². The van der Waals surface area contributed by atoms with Crippen LogP contribution in [0.1, 0.15) is 36.8 Å². The van der Waals surface area contributed by atoms with Crippen molar-refractivity contribution in [2.24, 2.45) is 0 Å². The van der Waals surface area contributed by atoms with Crippen LogP contribution in [0.25, 0.3) is 0 Å².